The second-order valence-electron chi connectivity index (χ2n) is 11.9. The number of nitrogens with one attached hydrogen (secondary N) is 1. The minimum absolute atomic E-state index is 0.00829. The summed E-state index contributed by atoms with van der Waals surface area (Å²) in [6.07, 6.45) is 0.161. The highest BCUT2D eigenvalue weighted by atomic mass is 19.3. The zero-order valence-electron chi connectivity index (χ0n) is 24.6. The summed E-state index contributed by atoms with van der Waals surface area (Å²) in [7, 11) is 0. The van der Waals surface area contributed by atoms with Crippen molar-refractivity contribution in [2.24, 2.45) is 17.1 Å². The van der Waals surface area contributed by atoms with E-state index in [-0.39, 0.29) is 47.2 Å². The second-order valence-corrected chi connectivity index (χ2v) is 11.9. The summed E-state index contributed by atoms with van der Waals surface area (Å²) in [6.45, 7) is 3.17. The number of carbonyl (C=O) groups is 2. The first-order valence-corrected chi connectivity index (χ1v) is 14.3. The number of amides is 2. The van der Waals surface area contributed by atoms with Crippen LogP contribution in [0.25, 0.3) is 22.4 Å². The number of hydrogen-bond donors (Lipinski definition) is 2. The molecule has 1 aliphatic carbocycles. The number of carbonyl (C=O) groups excluding carboxylic acids is 2. The molecule has 0 radical (unpaired) electrons. The van der Waals surface area contributed by atoms with Gasteiger partial charge in [0, 0.05) is 10.9 Å². The van der Waals surface area contributed by atoms with Crippen molar-refractivity contribution in [3.05, 3.63) is 71.7 Å². The summed E-state index contributed by atoms with van der Waals surface area (Å²) in [4.78, 5) is 34.5. The monoisotopic (exact) mass is 608 g/mol. The number of nitrogens with zero attached hydrogens (tertiary/aromatic N) is 2. The molecule has 1 atom stereocenters. The molecule has 0 aliphatic heterocycles. The van der Waals surface area contributed by atoms with Crippen molar-refractivity contribution in [2.75, 3.05) is 6.61 Å². The average Bonchev–Trinajstić information content (AvgIpc) is 3.69. The van der Waals surface area contributed by atoms with Crippen LogP contribution in [-0.4, -0.2) is 35.2 Å². The number of benzene rings is 2. The SMILES string of the molecule is CC(C)(C)CC(OC(N)=O)c1oc(-c2ccc(OC(F)F)c(OCC3CC3)c2)nc1C(=O)NCc1ccc2ccccc2n1. The Hall–Kier alpha value is -4.74. The quantitative estimate of drug-likeness (QED) is 0.179. The van der Waals surface area contributed by atoms with E-state index in [0.29, 0.717) is 23.8 Å². The number of alkyl halides is 2. The summed E-state index contributed by atoms with van der Waals surface area (Å²) in [5, 5.41) is 3.78. The summed E-state index contributed by atoms with van der Waals surface area (Å²) in [6, 6.07) is 15.6. The van der Waals surface area contributed by atoms with E-state index in [1.54, 1.807) is 0 Å². The molecule has 4 aromatic rings. The normalized spacial score (nSPS) is 14.0. The van der Waals surface area contributed by atoms with Crippen molar-refractivity contribution < 1.29 is 37.0 Å². The highest BCUT2D eigenvalue weighted by Crippen LogP contribution is 2.39. The number of rotatable bonds is 12. The van der Waals surface area contributed by atoms with Crippen molar-refractivity contribution in [2.45, 2.75) is 59.3 Å². The highest BCUT2D eigenvalue weighted by Gasteiger charge is 2.33. The van der Waals surface area contributed by atoms with E-state index in [1.807, 2.05) is 57.2 Å². The largest absolute Gasteiger partial charge is 0.489 e. The van der Waals surface area contributed by atoms with E-state index in [0.717, 1.165) is 23.7 Å². The molecule has 2 aromatic heterocycles. The summed E-state index contributed by atoms with van der Waals surface area (Å²) in [5.41, 5.74) is 6.64. The lowest BCUT2D eigenvalue weighted by Gasteiger charge is -2.24. The van der Waals surface area contributed by atoms with E-state index < -0.39 is 24.7 Å². The standard InChI is InChI=1S/C32H34F2N4O6/c1-32(2,3)15-25(43-31(35)40)27-26(28(39)36-16-21-12-10-19-6-4-5-7-22(19)37-21)38-29(44-27)20-11-13-23(42-30(33)34)24(14-20)41-17-18-8-9-18/h4-7,10-14,18,25,30H,8-9,15-17H2,1-3H3,(H2,35,40)(H,36,39). The molecule has 2 aromatic carbocycles. The topological polar surface area (TPSA) is 139 Å². The fourth-order valence-electron chi connectivity index (χ4n) is 4.62. The van der Waals surface area contributed by atoms with Gasteiger partial charge in [-0.2, -0.15) is 8.78 Å². The zero-order valence-corrected chi connectivity index (χ0v) is 24.6. The minimum atomic E-state index is -3.05. The van der Waals surface area contributed by atoms with Crippen LogP contribution in [-0.2, 0) is 11.3 Å². The van der Waals surface area contributed by atoms with Crippen LogP contribution in [0.5, 0.6) is 11.5 Å². The Kier molecular flexibility index (Phi) is 8.98. The van der Waals surface area contributed by atoms with Gasteiger partial charge in [-0.3, -0.25) is 9.78 Å². The number of hydrogen-bond acceptors (Lipinski definition) is 8. The Morgan fingerprint density at radius 1 is 1.07 bits per heavy atom. The Labute approximate surface area is 252 Å². The maximum absolute atomic E-state index is 13.6. The fourth-order valence-corrected chi connectivity index (χ4v) is 4.62. The van der Waals surface area contributed by atoms with E-state index in [2.05, 4.69) is 20.0 Å². The third-order valence-electron chi connectivity index (χ3n) is 6.88. The van der Waals surface area contributed by atoms with Crippen molar-refractivity contribution in [3.63, 3.8) is 0 Å². The molecule has 1 fully saturated rings. The van der Waals surface area contributed by atoms with E-state index in [9.17, 15) is 18.4 Å². The number of ether oxygens (including phenoxy) is 3. The first-order chi connectivity index (χ1) is 20.9. The van der Waals surface area contributed by atoms with Crippen LogP contribution in [0.4, 0.5) is 13.6 Å². The Bertz CT molecular complexity index is 1650. The molecule has 1 saturated carbocycles. The maximum atomic E-state index is 13.6. The molecule has 10 nitrogen and oxygen atoms in total. The molecule has 0 bridgehead atoms. The molecule has 44 heavy (non-hydrogen) atoms. The lowest BCUT2D eigenvalue weighted by atomic mass is 9.88. The van der Waals surface area contributed by atoms with Crippen molar-refractivity contribution in [1.82, 2.24) is 15.3 Å². The number of pyridine rings is 1. The minimum Gasteiger partial charge on any atom is -0.489 e. The van der Waals surface area contributed by atoms with E-state index in [4.69, 9.17) is 19.6 Å². The molecule has 1 aliphatic rings. The number of oxazole rings is 1. The number of nitrogens with two attached hydrogens (primary N) is 1. The molecule has 0 spiro atoms. The van der Waals surface area contributed by atoms with Gasteiger partial charge in [-0.15, -0.1) is 0 Å². The summed E-state index contributed by atoms with van der Waals surface area (Å²) < 4.78 is 48.1. The first-order valence-electron chi connectivity index (χ1n) is 14.3. The predicted molar refractivity (Wildman–Crippen MR) is 157 cm³/mol. The Balaban J connectivity index is 1.49. The van der Waals surface area contributed by atoms with Gasteiger partial charge >= 0.3 is 12.7 Å². The molecular weight excluding hydrogens is 574 g/mol. The van der Waals surface area contributed by atoms with Gasteiger partial charge in [0.05, 0.1) is 24.4 Å². The average molecular weight is 609 g/mol. The Morgan fingerprint density at radius 3 is 2.55 bits per heavy atom. The van der Waals surface area contributed by atoms with Gasteiger partial charge in [0.1, 0.15) is 0 Å². The van der Waals surface area contributed by atoms with Crippen LogP contribution in [0.15, 0.2) is 59.0 Å². The fraction of sp³-hybridized carbons (Fsp3) is 0.375. The summed E-state index contributed by atoms with van der Waals surface area (Å²) in [5.74, 6) is -0.322. The lowest BCUT2D eigenvalue weighted by molar-refractivity contribution is -0.0515. The van der Waals surface area contributed by atoms with Gasteiger partial charge in [0.25, 0.3) is 5.91 Å². The molecule has 2 amide bonds. The van der Waals surface area contributed by atoms with Gasteiger partial charge in [-0.05, 0) is 60.9 Å². The van der Waals surface area contributed by atoms with Crippen molar-refractivity contribution in [1.29, 1.82) is 0 Å². The van der Waals surface area contributed by atoms with Crippen LogP contribution in [0, 0.1) is 11.3 Å². The van der Waals surface area contributed by atoms with Crippen LogP contribution in [0.3, 0.4) is 0 Å². The van der Waals surface area contributed by atoms with Crippen LogP contribution in [0.1, 0.15) is 68.1 Å². The lowest BCUT2D eigenvalue weighted by Crippen LogP contribution is -2.27. The predicted octanol–water partition coefficient (Wildman–Crippen LogP) is 6.78. The molecule has 232 valence electrons. The number of halogens is 2. The second kappa shape index (κ2) is 12.9. The van der Waals surface area contributed by atoms with Gasteiger partial charge in [-0.25, -0.2) is 9.78 Å². The highest BCUT2D eigenvalue weighted by molar-refractivity contribution is 5.94. The zero-order chi connectivity index (χ0) is 31.4. The summed E-state index contributed by atoms with van der Waals surface area (Å²) >= 11 is 0. The molecule has 5 rings (SSSR count). The van der Waals surface area contributed by atoms with Crippen molar-refractivity contribution >= 4 is 22.9 Å². The van der Waals surface area contributed by atoms with Gasteiger partial charge < -0.3 is 29.7 Å². The van der Waals surface area contributed by atoms with Crippen LogP contribution >= 0.6 is 0 Å². The number of aromatic nitrogens is 2. The van der Waals surface area contributed by atoms with E-state index in [1.165, 1.54) is 18.2 Å². The molecule has 0 saturated heterocycles. The first kappa shape index (κ1) is 30.7. The van der Waals surface area contributed by atoms with Gasteiger partial charge in [0.15, 0.2) is 29.1 Å². The molecule has 2 heterocycles. The van der Waals surface area contributed by atoms with Crippen LogP contribution < -0.4 is 20.5 Å². The van der Waals surface area contributed by atoms with Crippen LogP contribution in [0.2, 0.25) is 0 Å². The maximum Gasteiger partial charge on any atom is 0.405 e. The number of fused-ring (bicyclic) bond motifs is 1. The Morgan fingerprint density at radius 2 is 1.84 bits per heavy atom. The molecule has 3 N–H and O–H groups in total. The smallest absolute Gasteiger partial charge is 0.405 e. The molecule has 12 heteroatoms. The third-order valence-corrected chi connectivity index (χ3v) is 6.88. The van der Waals surface area contributed by atoms with E-state index >= 15 is 0 Å². The molecular formula is C32H34F2N4O6. The third kappa shape index (κ3) is 8.00. The number of para-hydroxylation sites is 1. The van der Waals surface area contributed by atoms with Crippen molar-refractivity contribution in [3.8, 4) is 23.0 Å². The van der Waals surface area contributed by atoms with Gasteiger partial charge in [0.2, 0.25) is 5.89 Å². The number of primary amides is 1. The molecule has 1 unspecified atom stereocenters. The van der Waals surface area contributed by atoms with Gasteiger partial charge in [-0.1, -0.05) is 45.0 Å².